The smallest absolute Gasteiger partial charge is 0.123 e. The Kier molecular flexibility index (Phi) is 4.00. The maximum Gasteiger partial charge on any atom is 0.123 e. The van der Waals surface area contributed by atoms with Crippen LogP contribution in [-0.4, -0.2) is 6.04 Å². The monoisotopic (exact) mass is 263 g/mol. The minimum Gasteiger partial charge on any atom is -0.327 e. The van der Waals surface area contributed by atoms with Gasteiger partial charge in [-0.25, -0.2) is 4.39 Å². The maximum absolute atomic E-state index is 13.6. The van der Waals surface area contributed by atoms with Crippen LogP contribution in [0, 0.1) is 24.1 Å². The van der Waals surface area contributed by atoms with E-state index in [0.29, 0.717) is 17.3 Å². The molecule has 0 saturated heterocycles. The lowest BCUT2D eigenvalue weighted by atomic mass is 9.66. The zero-order valence-corrected chi connectivity index (χ0v) is 12.5. The molecule has 2 heteroatoms. The summed E-state index contributed by atoms with van der Waals surface area (Å²) in [7, 11) is 0. The predicted octanol–water partition coefficient (Wildman–Crippen LogP) is 4.39. The summed E-state index contributed by atoms with van der Waals surface area (Å²) in [5.41, 5.74) is 8.67. The van der Waals surface area contributed by atoms with Gasteiger partial charge in [0.2, 0.25) is 0 Å². The topological polar surface area (TPSA) is 26.0 Å². The summed E-state index contributed by atoms with van der Waals surface area (Å²) in [6.45, 7) is 8.83. The highest BCUT2D eigenvalue weighted by atomic mass is 19.1. The Balaban J connectivity index is 2.26. The van der Waals surface area contributed by atoms with E-state index in [-0.39, 0.29) is 11.9 Å². The van der Waals surface area contributed by atoms with E-state index in [1.54, 1.807) is 12.1 Å². The van der Waals surface area contributed by atoms with Crippen LogP contribution in [-0.2, 0) is 0 Å². The number of nitrogens with two attached hydrogens (primary N) is 1. The average molecular weight is 263 g/mol. The quantitative estimate of drug-likeness (QED) is 0.799. The van der Waals surface area contributed by atoms with E-state index in [1.165, 1.54) is 6.42 Å². The Morgan fingerprint density at radius 3 is 2.42 bits per heavy atom. The molecule has 1 aliphatic carbocycles. The molecule has 106 valence electrons. The molecule has 1 saturated carbocycles. The Hall–Kier alpha value is -0.890. The van der Waals surface area contributed by atoms with Gasteiger partial charge in [0, 0.05) is 6.04 Å². The summed E-state index contributed by atoms with van der Waals surface area (Å²) in [6, 6.07) is 5.51. The largest absolute Gasteiger partial charge is 0.327 e. The summed E-state index contributed by atoms with van der Waals surface area (Å²) >= 11 is 0. The van der Waals surface area contributed by atoms with Gasteiger partial charge in [0.05, 0.1) is 0 Å². The van der Waals surface area contributed by atoms with Crippen molar-refractivity contribution in [3.63, 3.8) is 0 Å². The molecule has 0 amide bonds. The van der Waals surface area contributed by atoms with Crippen LogP contribution in [0.3, 0.4) is 0 Å². The van der Waals surface area contributed by atoms with Gasteiger partial charge in [-0.1, -0.05) is 26.8 Å². The van der Waals surface area contributed by atoms with Crippen LogP contribution in [0.4, 0.5) is 4.39 Å². The van der Waals surface area contributed by atoms with E-state index in [9.17, 15) is 4.39 Å². The Morgan fingerprint density at radius 2 is 1.84 bits per heavy atom. The normalized spacial score (nSPS) is 28.4. The van der Waals surface area contributed by atoms with Crippen molar-refractivity contribution >= 4 is 0 Å². The lowest BCUT2D eigenvalue weighted by molar-refractivity contribution is 0.154. The third-order valence-corrected chi connectivity index (χ3v) is 4.62. The minimum atomic E-state index is -0.139. The first kappa shape index (κ1) is 14.5. The van der Waals surface area contributed by atoms with Crippen molar-refractivity contribution in [1.82, 2.24) is 0 Å². The first-order chi connectivity index (χ1) is 8.77. The van der Waals surface area contributed by atoms with Gasteiger partial charge in [0.25, 0.3) is 0 Å². The lowest BCUT2D eigenvalue weighted by Crippen LogP contribution is -2.38. The molecule has 1 nitrogen and oxygen atoms in total. The number of benzene rings is 1. The highest BCUT2D eigenvalue weighted by Gasteiger charge is 2.35. The number of rotatable bonds is 1. The first-order valence-electron chi connectivity index (χ1n) is 7.30. The molecule has 3 unspecified atom stereocenters. The molecule has 2 rings (SSSR count). The summed E-state index contributed by atoms with van der Waals surface area (Å²) in [4.78, 5) is 0. The molecule has 1 aromatic carbocycles. The van der Waals surface area contributed by atoms with Gasteiger partial charge in [-0.05, 0) is 66.7 Å². The molecule has 0 heterocycles. The molecule has 0 aromatic heterocycles. The van der Waals surface area contributed by atoms with Gasteiger partial charge in [0.15, 0.2) is 0 Å². The average Bonchev–Trinajstić information content (AvgIpc) is 2.26. The second kappa shape index (κ2) is 5.24. The summed E-state index contributed by atoms with van der Waals surface area (Å²) in [5.74, 6) is 0.827. The van der Waals surface area contributed by atoms with Gasteiger partial charge in [-0.3, -0.25) is 0 Å². The number of hydrogen-bond acceptors (Lipinski definition) is 1. The Bertz CT molecular complexity index is 427. The number of halogens is 1. The van der Waals surface area contributed by atoms with E-state index < -0.39 is 0 Å². The molecule has 0 spiro atoms. The van der Waals surface area contributed by atoms with E-state index in [1.807, 2.05) is 6.92 Å². The third-order valence-electron chi connectivity index (χ3n) is 4.62. The van der Waals surface area contributed by atoms with Gasteiger partial charge in [-0.15, -0.1) is 0 Å². The van der Waals surface area contributed by atoms with Crippen molar-refractivity contribution in [2.24, 2.45) is 17.1 Å². The van der Waals surface area contributed by atoms with Crippen LogP contribution in [0.15, 0.2) is 18.2 Å². The SMILES string of the molecule is Cc1cc(F)cc(C2CC(C(C)(C)C)CCC2N)c1. The fraction of sp³-hybridized carbons (Fsp3) is 0.647. The van der Waals surface area contributed by atoms with Gasteiger partial charge in [0.1, 0.15) is 5.82 Å². The molecule has 0 bridgehead atoms. The van der Waals surface area contributed by atoms with E-state index in [0.717, 1.165) is 24.0 Å². The standard InChI is InChI=1S/C17H26FN/c1-11-7-12(9-14(18)8-11)15-10-13(17(2,3)4)5-6-16(15)19/h7-9,13,15-16H,5-6,10,19H2,1-4H3. The maximum atomic E-state index is 13.6. The van der Waals surface area contributed by atoms with Crippen LogP contribution in [0.1, 0.15) is 57.1 Å². The van der Waals surface area contributed by atoms with Crippen molar-refractivity contribution in [1.29, 1.82) is 0 Å². The van der Waals surface area contributed by atoms with Crippen molar-refractivity contribution in [3.8, 4) is 0 Å². The second-order valence-corrected chi connectivity index (χ2v) is 7.21. The molecule has 1 aliphatic rings. The van der Waals surface area contributed by atoms with E-state index >= 15 is 0 Å². The molecule has 2 N–H and O–H groups in total. The Morgan fingerprint density at radius 1 is 1.16 bits per heavy atom. The van der Waals surface area contributed by atoms with Gasteiger partial charge in [-0.2, -0.15) is 0 Å². The minimum absolute atomic E-state index is 0.139. The Labute approximate surface area is 116 Å². The number of hydrogen-bond donors (Lipinski definition) is 1. The first-order valence-corrected chi connectivity index (χ1v) is 7.30. The van der Waals surface area contributed by atoms with Crippen LogP contribution in [0.2, 0.25) is 0 Å². The highest BCUT2D eigenvalue weighted by molar-refractivity contribution is 5.28. The van der Waals surface area contributed by atoms with E-state index in [2.05, 4.69) is 26.8 Å². The summed E-state index contributed by atoms with van der Waals surface area (Å²) in [6.07, 6.45) is 3.31. The van der Waals surface area contributed by atoms with E-state index in [4.69, 9.17) is 5.73 Å². The van der Waals surface area contributed by atoms with Crippen LogP contribution in [0.25, 0.3) is 0 Å². The molecular weight excluding hydrogens is 237 g/mol. The van der Waals surface area contributed by atoms with Gasteiger partial charge < -0.3 is 5.73 Å². The molecule has 19 heavy (non-hydrogen) atoms. The van der Waals surface area contributed by atoms with Crippen LogP contribution >= 0.6 is 0 Å². The fourth-order valence-electron chi connectivity index (χ4n) is 3.34. The molecule has 1 aromatic rings. The predicted molar refractivity (Wildman–Crippen MR) is 78.6 cm³/mol. The van der Waals surface area contributed by atoms with Crippen molar-refractivity contribution in [3.05, 3.63) is 35.1 Å². The molecule has 1 fully saturated rings. The van der Waals surface area contributed by atoms with Crippen LogP contribution in [0.5, 0.6) is 0 Å². The van der Waals surface area contributed by atoms with Gasteiger partial charge >= 0.3 is 0 Å². The summed E-state index contributed by atoms with van der Waals surface area (Å²) in [5, 5.41) is 0. The molecule has 3 atom stereocenters. The zero-order chi connectivity index (χ0) is 14.2. The van der Waals surface area contributed by atoms with Crippen molar-refractivity contribution in [2.75, 3.05) is 0 Å². The number of aryl methyl sites for hydroxylation is 1. The third kappa shape index (κ3) is 3.36. The molecule has 0 aliphatic heterocycles. The highest BCUT2D eigenvalue weighted by Crippen LogP contribution is 2.43. The van der Waals surface area contributed by atoms with Crippen molar-refractivity contribution < 1.29 is 4.39 Å². The van der Waals surface area contributed by atoms with Crippen molar-refractivity contribution in [2.45, 2.75) is 58.9 Å². The zero-order valence-electron chi connectivity index (χ0n) is 12.5. The fourth-order valence-corrected chi connectivity index (χ4v) is 3.34. The lowest BCUT2D eigenvalue weighted by Gasteiger charge is -2.41. The second-order valence-electron chi connectivity index (χ2n) is 7.21. The molecular formula is C17H26FN. The van der Waals surface area contributed by atoms with Crippen LogP contribution < -0.4 is 5.73 Å². The molecule has 0 radical (unpaired) electrons. The summed E-state index contributed by atoms with van der Waals surface area (Å²) < 4.78 is 13.6.